The van der Waals surface area contributed by atoms with E-state index in [1.807, 2.05) is 19.1 Å². The normalized spacial score (nSPS) is 14.1. The van der Waals surface area contributed by atoms with Gasteiger partial charge in [-0.25, -0.2) is 4.39 Å². The van der Waals surface area contributed by atoms with Crippen LogP contribution in [0, 0.1) is 5.82 Å². The van der Waals surface area contributed by atoms with Crippen LogP contribution in [0.25, 0.3) is 0 Å². The van der Waals surface area contributed by atoms with Gasteiger partial charge in [-0.1, -0.05) is 31.2 Å². The van der Waals surface area contributed by atoms with Crippen molar-refractivity contribution in [3.63, 3.8) is 0 Å². The summed E-state index contributed by atoms with van der Waals surface area (Å²) in [6.45, 7) is 11.8. The molecule has 0 aliphatic rings. The molecule has 1 unspecified atom stereocenters. The van der Waals surface area contributed by atoms with Gasteiger partial charge in [-0.2, -0.15) is 0 Å². The van der Waals surface area contributed by atoms with Gasteiger partial charge in [0.25, 0.3) is 0 Å². The second-order valence-electron chi connectivity index (χ2n) is 4.79. The van der Waals surface area contributed by atoms with Crippen LogP contribution in [0.2, 0.25) is 0 Å². The molecule has 0 bridgehead atoms. The van der Waals surface area contributed by atoms with E-state index in [0.717, 1.165) is 25.1 Å². The lowest BCUT2D eigenvalue weighted by molar-refractivity contribution is 0.239. The summed E-state index contributed by atoms with van der Waals surface area (Å²) in [4.78, 5) is 2.17. The Morgan fingerprint density at radius 3 is 2.16 bits per heavy atom. The second-order valence-corrected chi connectivity index (χ2v) is 4.79. The van der Waals surface area contributed by atoms with Crippen LogP contribution in [0.4, 0.5) is 4.39 Å². The van der Waals surface area contributed by atoms with E-state index in [2.05, 4.69) is 18.1 Å². The average Bonchev–Trinajstić information content (AvgIpc) is 2.40. The highest BCUT2D eigenvalue weighted by atomic mass is 19.1. The van der Waals surface area contributed by atoms with Crippen LogP contribution in [-0.2, 0) is 5.54 Å². The second kappa shape index (κ2) is 7.22. The average molecular weight is 262 g/mol. The number of halogens is 1. The number of nitrogens with two attached hydrogens (primary N) is 1. The molecular formula is C16H23FN2. The van der Waals surface area contributed by atoms with E-state index in [4.69, 9.17) is 5.73 Å². The maximum atomic E-state index is 13.0. The van der Waals surface area contributed by atoms with E-state index in [1.165, 1.54) is 12.1 Å². The lowest BCUT2D eigenvalue weighted by atomic mass is 9.87. The van der Waals surface area contributed by atoms with E-state index in [0.29, 0.717) is 6.54 Å². The Labute approximate surface area is 115 Å². The van der Waals surface area contributed by atoms with Gasteiger partial charge in [0.15, 0.2) is 0 Å². The van der Waals surface area contributed by atoms with Crippen LogP contribution >= 0.6 is 0 Å². The van der Waals surface area contributed by atoms with Crippen LogP contribution in [-0.4, -0.2) is 24.5 Å². The summed E-state index contributed by atoms with van der Waals surface area (Å²) >= 11 is 0. The first-order valence-electron chi connectivity index (χ1n) is 6.54. The van der Waals surface area contributed by atoms with E-state index in [1.54, 1.807) is 12.1 Å². The molecule has 0 radical (unpaired) electrons. The number of rotatable bonds is 8. The van der Waals surface area contributed by atoms with Crippen molar-refractivity contribution in [1.82, 2.24) is 4.90 Å². The maximum Gasteiger partial charge on any atom is 0.123 e. The van der Waals surface area contributed by atoms with Crippen LogP contribution in [0.5, 0.6) is 0 Å². The Kier molecular flexibility index (Phi) is 5.93. The van der Waals surface area contributed by atoms with Crippen molar-refractivity contribution >= 4 is 0 Å². The summed E-state index contributed by atoms with van der Waals surface area (Å²) in [5.74, 6) is -0.240. The van der Waals surface area contributed by atoms with Crippen LogP contribution in [0.3, 0.4) is 0 Å². The number of hydrogen-bond donors (Lipinski definition) is 1. The molecule has 0 saturated heterocycles. The molecule has 104 valence electrons. The molecule has 0 amide bonds. The molecular weight excluding hydrogens is 239 g/mol. The van der Waals surface area contributed by atoms with Crippen molar-refractivity contribution in [3.8, 4) is 0 Å². The molecule has 2 N–H and O–H groups in total. The monoisotopic (exact) mass is 262 g/mol. The first-order chi connectivity index (χ1) is 9.05. The van der Waals surface area contributed by atoms with Gasteiger partial charge in [0.05, 0.1) is 5.54 Å². The van der Waals surface area contributed by atoms with Gasteiger partial charge in [-0.05, 0) is 24.1 Å². The topological polar surface area (TPSA) is 29.3 Å². The lowest BCUT2D eigenvalue weighted by Gasteiger charge is -2.34. The maximum absolute atomic E-state index is 13.0. The molecule has 0 saturated carbocycles. The van der Waals surface area contributed by atoms with Gasteiger partial charge >= 0.3 is 0 Å². The Morgan fingerprint density at radius 1 is 1.21 bits per heavy atom. The van der Waals surface area contributed by atoms with Crippen molar-refractivity contribution in [2.24, 2.45) is 5.73 Å². The largest absolute Gasteiger partial charge is 0.320 e. The third kappa shape index (κ3) is 4.30. The molecule has 0 aliphatic heterocycles. The van der Waals surface area contributed by atoms with Crippen LogP contribution in [0.15, 0.2) is 49.6 Å². The zero-order valence-electron chi connectivity index (χ0n) is 11.6. The van der Waals surface area contributed by atoms with Crippen LogP contribution in [0.1, 0.15) is 18.9 Å². The number of benzene rings is 1. The molecule has 0 aliphatic carbocycles. The first-order valence-corrected chi connectivity index (χ1v) is 6.54. The van der Waals surface area contributed by atoms with Gasteiger partial charge in [-0.15, -0.1) is 13.2 Å². The Balaban J connectivity index is 2.91. The molecule has 1 atom stereocenters. The van der Waals surface area contributed by atoms with Crippen molar-refractivity contribution in [1.29, 1.82) is 0 Å². The van der Waals surface area contributed by atoms with E-state index in [9.17, 15) is 4.39 Å². The summed E-state index contributed by atoms with van der Waals surface area (Å²) in [6.07, 6.45) is 4.48. The summed E-state index contributed by atoms with van der Waals surface area (Å²) in [5.41, 5.74) is 6.96. The van der Waals surface area contributed by atoms with Gasteiger partial charge in [0.2, 0.25) is 0 Å². The highest BCUT2D eigenvalue weighted by Gasteiger charge is 2.27. The zero-order chi connectivity index (χ0) is 14.3. The van der Waals surface area contributed by atoms with Crippen molar-refractivity contribution in [3.05, 3.63) is 61.0 Å². The molecule has 1 aromatic rings. The molecule has 3 heteroatoms. The lowest BCUT2D eigenvalue weighted by Crippen LogP contribution is -2.47. The summed E-state index contributed by atoms with van der Waals surface area (Å²) in [6, 6.07) is 6.44. The van der Waals surface area contributed by atoms with Crippen molar-refractivity contribution in [2.75, 3.05) is 19.6 Å². The molecule has 19 heavy (non-hydrogen) atoms. The minimum absolute atomic E-state index is 0.240. The van der Waals surface area contributed by atoms with Gasteiger partial charge < -0.3 is 5.73 Å². The van der Waals surface area contributed by atoms with Gasteiger partial charge in [0.1, 0.15) is 5.82 Å². The zero-order valence-corrected chi connectivity index (χ0v) is 11.6. The predicted octanol–water partition coefficient (Wildman–Crippen LogP) is 3.06. The molecule has 1 aromatic carbocycles. The molecule has 0 fully saturated rings. The molecule has 0 spiro atoms. The van der Waals surface area contributed by atoms with Crippen molar-refractivity contribution < 1.29 is 4.39 Å². The fraction of sp³-hybridized carbons (Fsp3) is 0.375. The molecule has 0 aromatic heterocycles. The SMILES string of the molecule is C=CCN(CC=C)CC(N)(CC)c1ccc(F)cc1. The predicted molar refractivity (Wildman–Crippen MR) is 79.4 cm³/mol. The van der Waals surface area contributed by atoms with Gasteiger partial charge in [0, 0.05) is 19.6 Å². The third-order valence-electron chi connectivity index (χ3n) is 3.33. The van der Waals surface area contributed by atoms with Gasteiger partial charge in [-0.3, -0.25) is 4.90 Å². The smallest absolute Gasteiger partial charge is 0.123 e. The third-order valence-corrected chi connectivity index (χ3v) is 3.33. The first kappa shape index (κ1) is 15.6. The summed E-state index contributed by atoms with van der Waals surface area (Å²) in [7, 11) is 0. The minimum Gasteiger partial charge on any atom is -0.320 e. The minimum atomic E-state index is -0.486. The van der Waals surface area contributed by atoms with E-state index in [-0.39, 0.29) is 5.82 Å². The fourth-order valence-corrected chi connectivity index (χ4v) is 2.16. The molecule has 2 nitrogen and oxygen atoms in total. The Hall–Kier alpha value is -1.45. The molecule has 1 rings (SSSR count). The highest BCUT2D eigenvalue weighted by molar-refractivity contribution is 5.25. The standard InChI is InChI=1S/C16H23FN2/c1-4-11-19(12-5-2)13-16(18,6-3)14-7-9-15(17)10-8-14/h4-5,7-10H,1-2,6,11-13,18H2,3H3. The van der Waals surface area contributed by atoms with Crippen LogP contribution < -0.4 is 5.73 Å². The number of hydrogen-bond acceptors (Lipinski definition) is 2. The van der Waals surface area contributed by atoms with E-state index < -0.39 is 5.54 Å². The Bertz CT molecular complexity index is 403. The number of nitrogens with zero attached hydrogens (tertiary/aromatic N) is 1. The quantitative estimate of drug-likeness (QED) is 0.730. The van der Waals surface area contributed by atoms with Crippen molar-refractivity contribution in [2.45, 2.75) is 18.9 Å². The Morgan fingerprint density at radius 2 is 1.74 bits per heavy atom. The van der Waals surface area contributed by atoms with E-state index >= 15 is 0 Å². The highest BCUT2D eigenvalue weighted by Crippen LogP contribution is 2.23. The summed E-state index contributed by atoms with van der Waals surface area (Å²) < 4.78 is 13.0. The summed E-state index contributed by atoms with van der Waals surface area (Å²) in [5, 5.41) is 0. The molecule has 0 heterocycles. The fourth-order valence-electron chi connectivity index (χ4n) is 2.16.